The summed E-state index contributed by atoms with van der Waals surface area (Å²) < 4.78 is 34.9. The van der Waals surface area contributed by atoms with Crippen molar-refractivity contribution in [2.75, 3.05) is 4.90 Å². The number of benzene rings is 2. The molecule has 0 aliphatic carbocycles. The molecule has 2 aromatic carbocycles. The molecule has 1 aliphatic heterocycles. The van der Waals surface area contributed by atoms with Crippen LogP contribution in [0.25, 0.3) is 11.3 Å². The van der Waals surface area contributed by atoms with E-state index in [0.29, 0.717) is 0 Å². The Morgan fingerprint density at radius 2 is 1.74 bits per heavy atom. The fourth-order valence-electron chi connectivity index (χ4n) is 3.99. The molecule has 1 N–H and O–H groups in total. The van der Waals surface area contributed by atoms with Crippen LogP contribution in [-0.4, -0.2) is 23.3 Å². The zero-order valence-corrected chi connectivity index (χ0v) is 19.3. The van der Waals surface area contributed by atoms with Crippen LogP contribution in [0.4, 0.5) is 11.4 Å². The lowest BCUT2D eigenvalue weighted by Crippen LogP contribution is -2.39. The van der Waals surface area contributed by atoms with E-state index in [1.807, 2.05) is 60.7 Å². The Bertz CT molecular complexity index is 1190. The van der Waals surface area contributed by atoms with Crippen molar-refractivity contribution in [3.63, 3.8) is 0 Å². The smallest absolute Gasteiger partial charge is 0.286 e. The molecule has 1 atom stereocenters. The number of aryl methyl sites for hydroxylation is 1. The summed E-state index contributed by atoms with van der Waals surface area (Å²) in [6, 6.07) is 19.6. The standard InChI is InChI=1S/C24H26N2O3S2/c1-3-5-10-17-11-8-13-19(25-17)18-12-9-16-22-24(18)26(23(4-2)31(27,28)29)20-14-6-7-15-21(20)30-22/h6-9,11-16,23H,3-5,10H2,1-2H3,(H,27,28,29). The third-order valence-corrected chi connectivity index (χ3v) is 7.78. The Labute approximate surface area is 188 Å². The molecule has 1 unspecified atom stereocenters. The minimum Gasteiger partial charge on any atom is -0.319 e. The summed E-state index contributed by atoms with van der Waals surface area (Å²) in [4.78, 5) is 8.55. The van der Waals surface area contributed by atoms with Crippen LogP contribution in [0.15, 0.2) is 70.5 Å². The topological polar surface area (TPSA) is 70.5 Å². The molecule has 0 spiro atoms. The first-order chi connectivity index (χ1) is 14.9. The molecule has 0 radical (unpaired) electrons. The first kappa shape index (κ1) is 21.9. The third-order valence-electron chi connectivity index (χ3n) is 5.43. The van der Waals surface area contributed by atoms with Crippen LogP contribution in [-0.2, 0) is 16.5 Å². The van der Waals surface area contributed by atoms with Crippen molar-refractivity contribution in [2.45, 2.75) is 54.7 Å². The Morgan fingerprint density at radius 1 is 1.00 bits per heavy atom. The first-order valence-electron chi connectivity index (χ1n) is 10.6. The number of aromatic nitrogens is 1. The van der Waals surface area contributed by atoms with Crippen LogP contribution >= 0.6 is 11.8 Å². The van der Waals surface area contributed by atoms with Gasteiger partial charge in [0, 0.05) is 21.0 Å². The van der Waals surface area contributed by atoms with Crippen molar-refractivity contribution in [1.29, 1.82) is 0 Å². The van der Waals surface area contributed by atoms with Gasteiger partial charge in [0.1, 0.15) is 0 Å². The molecule has 1 aromatic heterocycles. The Kier molecular flexibility index (Phi) is 6.36. The summed E-state index contributed by atoms with van der Waals surface area (Å²) in [6.07, 6.45) is 3.32. The van der Waals surface area contributed by atoms with Crippen molar-refractivity contribution in [3.05, 3.63) is 66.4 Å². The third kappa shape index (κ3) is 4.35. The maximum Gasteiger partial charge on any atom is 0.286 e. The Balaban J connectivity index is 1.93. The summed E-state index contributed by atoms with van der Waals surface area (Å²) in [5.74, 6) is 0. The van der Waals surface area contributed by atoms with E-state index in [9.17, 15) is 13.0 Å². The molecule has 0 fully saturated rings. The number of para-hydroxylation sites is 2. The van der Waals surface area contributed by atoms with E-state index < -0.39 is 15.5 Å². The molecule has 3 aromatic rings. The molecular formula is C24H26N2O3S2. The van der Waals surface area contributed by atoms with Crippen LogP contribution in [0, 0.1) is 0 Å². The van der Waals surface area contributed by atoms with E-state index in [2.05, 4.69) is 6.92 Å². The van der Waals surface area contributed by atoms with Gasteiger partial charge in [-0.1, -0.05) is 62.4 Å². The lowest BCUT2D eigenvalue weighted by Gasteiger charge is -2.38. The molecule has 7 heteroatoms. The van der Waals surface area contributed by atoms with Crippen molar-refractivity contribution in [3.8, 4) is 11.3 Å². The van der Waals surface area contributed by atoms with Gasteiger partial charge in [-0.3, -0.25) is 9.54 Å². The van der Waals surface area contributed by atoms with Crippen LogP contribution in [0.3, 0.4) is 0 Å². The molecule has 0 bridgehead atoms. The Morgan fingerprint density at radius 3 is 2.48 bits per heavy atom. The van der Waals surface area contributed by atoms with Gasteiger partial charge in [0.15, 0.2) is 5.37 Å². The van der Waals surface area contributed by atoms with Gasteiger partial charge in [0.05, 0.1) is 17.1 Å². The van der Waals surface area contributed by atoms with E-state index in [4.69, 9.17) is 4.98 Å². The largest absolute Gasteiger partial charge is 0.319 e. The number of anilines is 2. The summed E-state index contributed by atoms with van der Waals surface area (Å²) >= 11 is 1.61. The fourth-order valence-corrected chi connectivity index (χ4v) is 6.01. The van der Waals surface area contributed by atoms with Crippen molar-refractivity contribution < 1.29 is 13.0 Å². The van der Waals surface area contributed by atoms with E-state index in [0.717, 1.165) is 57.4 Å². The Hall–Kier alpha value is -2.35. The van der Waals surface area contributed by atoms with Gasteiger partial charge in [-0.05, 0) is 49.6 Å². The second kappa shape index (κ2) is 9.02. The lowest BCUT2D eigenvalue weighted by molar-refractivity contribution is 0.464. The second-order valence-electron chi connectivity index (χ2n) is 7.59. The molecule has 4 rings (SSSR count). The van der Waals surface area contributed by atoms with E-state index in [1.165, 1.54) is 0 Å². The highest BCUT2D eigenvalue weighted by atomic mass is 32.2. The summed E-state index contributed by atoms with van der Waals surface area (Å²) in [6.45, 7) is 3.93. The number of unbranched alkanes of at least 4 members (excludes halogenated alkanes) is 1. The van der Waals surface area contributed by atoms with Crippen molar-refractivity contribution in [1.82, 2.24) is 4.98 Å². The minimum absolute atomic E-state index is 0.246. The zero-order valence-electron chi connectivity index (χ0n) is 17.7. The average Bonchev–Trinajstić information content (AvgIpc) is 2.76. The first-order valence-corrected chi connectivity index (χ1v) is 12.9. The van der Waals surface area contributed by atoms with E-state index >= 15 is 0 Å². The molecular weight excluding hydrogens is 428 g/mol. The van der Waals surface area contributed by atoms with Crippen LogP contribution < -0.4 is 4.90 Å². The highest BCUT2D eigenvalue weighted by Crippen LogP contribution is 2.52. The molecule has 0 saturated carbocycles. The quantitative estimate of drug-likeness (QED) is 0.421. The number of pyridine rings is 1. The molecule has 162 valence electrons. The molecule has 1 aliphatic rings. The maximum absolute atomic E-state index is 12.4. The number of fused-ring (bicyclic) bond motifs is 2. The highest BCUT2D eigenvalue weighted by molar-refractivity contribution is 7.99. The molecule has 0 saturated heterocycles. The SMILES string of the molecule is CCCCc1cccc(-c2cccc3c2N(C(CC)S(=O)(=O)O)c2ccccc2S3)n1. The van der Waals surface area contributed by atoms with Gasteiger partial charge >= 0.3 is 0 Å². The summed E-state index contributed by atoms with van der Waals surface area (Å²) in [7, 11) is -4.32. The summed E-state index contributed by atoms with van der Waals surface area (Å²) in [5, 5.41) is -1.09. The molecule has 5 nitrogen and oxygen atoms in total. The second-order valence-corrected chi connectivity index (χ2v) is 10.2. The van der Waals surface area contributed by atoms with Gasteiger partial charge < -0.3 is 4.90 Å². The average molecular weight is 455 g/mol. The molecule has 0 amide bonds. The monoisotopic (exact) mass is 454 g/mol. The number of rotatable bonds is 7. The molecule has 2 heterocycles. The predicted octanol–water partition coefficient (Wildman–Crippen LogP) is 6.32. The van der Waals surface area contributed by atoms with Gasteiger partial charge in [-0.25, -0.2) is 0 Å². The van der Waals surface area contributed by atoms with Gasteiger partial charge in [-0.15, -0.1) is 0 Å². The highest BCUT2D eigenvalue weighted by Gasteiger charge is 2.36. The fraction of sp³-hybridized carbons (Fsp3) is 0.292. The summed E-state index contributed by atoms with van der Waals surface area (Å²) in [5.41, 5.74) is 4.24. The van der Waals surface area contributed by atoms with Crippen molar-refractivity contribution >= 4 is 33.3 Å². The minimum atomic E-state index is -4.32. The van der Waals surface area contributed by atoms with E-state index in [1.54, 1.807) is 23.6 Å². The zero-order chi connectivity index (χ0) is 22.0. The number of nitrogens with zero attached hydrogens (tertiary/aromatic N) is 2. The van der Waals surface area contributed by atoms with Crippen molar-refractivity contribution in [2.24, 2.45) is 0 Å². The molecule has 31 heavy (non-hydrogen) atoms. The van der Waals surface area contributed by atoms with Crippen LogP contribution in [0.1, 0.15) is 38.8 Å². The lowest BCUT2D eigenvalue weighted by atomic mass is 10.0. The predicted molar refractivity (Wildman–Crippen MR) is 127 cm³/mol. The van der Waals surface area contributed by atoms with Crippen LogP contribution in [0.5, 0.6) is 0 Å². The maximum atomic E-state index is 12.4. The van der Waals surface area contributed by atoms with Gasteiger partial charge in [-0.2, -0.15) is 8.42 Å². The normalized spacial score (nSPS) is 14.1. The van der Waals surface area contributed by atoms with Gasteiger partial charge in [0.2, 0.25) is 0 Å². The van der Waals surface area contributed by atoms with Gasteiger partial charge in [0.25, 0.3) is 10.1 Å². The number of hydrogen-bond acceptors (Lipinski definition) is 5. The van der Waals surface area contributed by atoms with E-state index in [-0.39, 0.29) is 6.42 Å². The van der Waals surface area contributed by atoms with Crippen LogP contribution in [0.2, 0.25) is 0 Å². The number of hydrogen-bond donors (Lipinski definition) is 1.